The van der Waals surface area contributed by atoms with Crippen LogP contribution in [0.25, 0.3) is 11.3 Å². The van der Waals surface area contributed by atoms with Gasteiger partial charge in [0.1, 0.15) is 11.5 Å². The molecule has 2 amide bonds. The first-order chi connectivity index (χ1) is 14.5. The Balaban J connectivity index is 1.24. The molecule has 2 aromatic rings. The summed E-state index contributed by atoms with van der Waals surface area (Å²) in [5, 5.41) is 16.1. The third-order valence-electron chi connectivity index (χ3n) is 6.91. The lowest BCUT2D eigenvalue weighted by Crippen LogP contribution is -2.40. The fourth-order valence-electron chi connectivity index (χ4n) is 5.52. The normalized spacial score (nSPS) is 33.3. The van der Waals surface area contributed by atoms with Crippen LogP contribution in [0.4, 0.5) is 5.69 Å². The standard InChI is InChI=1S/C22H17N3O5/c26-21-19-14-5-6-15(17-9-16(14)17)20(19)22(27)24(21)23-10-13-4-7-18(30-13)11-2-1-3-12(8-11)25(28)29/h1-8,10,14-17,19-20H,9H2. The number of hydrogen-bond donors (Lipinski definition) is 0. The Hall–Kier alpha value is -3.55. The zero-order valence-electron chi connectivity index (χ0n) is 15.8. The zero-order chi connectivity index (χ0) is 20.6. The largest absolute Gasteiger partial charge is 0.455 e. The number of non-ortho nitro benzene ring substituents is 1. The first kappa shape index (κ1) is 17.3. The van der Waals surface area contributed by atoms with Gasteiger partial charge in [-0.25, -0.2) is 0 Å². The predicted molar refractivity (Wildman–Crippen MR) is 105 cm³/mol. The molecule has 3 fully saturated rings. The van der Waals surface area contributed by atoms with Gasteiger partial charge in [-0.15, -0.1) is 0 Å². The molecule has 2 bridgehead atoms. The second-order valence-electron chi connectivity index (χ2n) is 8.40. The summed E-state index contributed by atoms with van der Waals surface area (Å²) in [6.45, 7) is 0. The molecule has 1 aromatic carbocycles. The van der Waals surface area contributed by atoms with E-state index in [4.69, 9.17) is 4.42 Å². The van der Waals surface area contributed by atoms with Crippen molar-refractivity contribution >= 4 is 23.7 Å². The van der Waals surface area contributed by atoms with Gasteiger partial charge in [-0.1, -0.05) is 24.3 Å². The molecule has 6 unspecified atom stereocenters. The van der Waals surface area contributed by atoms with Crippen molar-refractivity contribution in [3.63, 3.8) is 0 Å². The maximum atomic E-state index is 12.9. The molecule has 0 radical (unpaired) electrons. The number of benzene rings is 1. The molecular formula is C22H17N3O5. The van der Waals surface area contributed by atoms with E-state index in [9.17, 15) is 19.7 Å². The maximum absolute atomic E-state index is 12.9. The first-order valence-electron chi connectivity index (χ1n) is 9.98. The number of hydrogen-bond acceptors (Lipinski definition) is 6. The predicted octanol–water partition coefficient (Wildman–Crippen LogP) is 3.24. The quantitative estimate of drug-likeness (QED) is 0.256. The van der Waals surface area contributed by atoms with E-state index in [1.165, 1.54) is 18.3 Å². The molecule has 2 heterocycles. The zero-order valence-corrected chi connectivity index (χ0v) is 15.8. The number of nitro benzene ring substituents is 1. The Kier molecular flexibility index (Phi) is 3.45. The van der Waals surface area contributed by atoms with Crippen molar-refractivity contribution in [1.29, 1.82) is 0 Å². The van der Waals surface area contributed by atoms with Crippen LogP contribution >= 0.6 is 0 Å². The van der Waals surface area contributed by atoms with Crippen LogP contribution in [0, 0.1) is 45.6 Å². The van der Waals surface area contributed by atoms with Crippen molar-refractivity contribution in [3.05, 3.63) is 64.4 Å². The van der Waals surface area contributed by atoms with E-state index in [0.717, 1.165) is 11.4 Å². The molecule has 1 saturated heterocycles. The highest BCUT2D eigenvalue weighted by Crippen LogP contribution is 2.65. The molecule has 30 heavy (non-hydrogen) atoms. The number of hydrazone groups is 1. The van der Waals surface area contributed by atoms with Crippen molar-refractivity contribution in [2.45, 2.75) is 6.42 Å². The van der Waals surface area contributed by atoms with Gasteiger partial charge in [0.2, 0.25) is 0 Å². The number of imide groups is 1. The number of nitro groups is 1. The van der Waals surface area contributed by atoms with Gasteiger partial charge in [-0.3, -0.25) is 19.7 Å². The van der Waals surface area contributed by atoms with E-state index in [-0.39, 0.29) is 41.2 Å². The number of furan rings is 1. The van der Waals surface area contributed by atoms with E-state index in [0.29, 0.717) is 28.9 Å². The Morgan fingerprint density at radius 1 is 1.07 bits per heavy atom. The summed E-state index contributed by atoms with van der Waals surface area (Å²) in [5.41, 5.74) is 0.529. The molecule has 2 saturated carbocycles. The fourth-order valence-corrected chi connectivity index (χ4v) is 5.52. The molecule has 1 aliphatic heterocycles. The Labute approximate surface area is 171 Å². The van der Waals surface area contributed by atoms with Crippen LogP contribution in [0.15, 0.2) is 58.1 Å². The van der Waals surface area contributed by atoms with Gasteiger partial charge in [0, 0.05) is 17.7 Å². The number of amides is 2. The molecule has 0 spiro atoms. The fraction of sp³-hybridized carbons (Fsp3) is 0.318. The van der Waals surface area contributed by atoms with Crippen LogP contribution in [0.3, 0.4) is 0 Å². The van der Waals surface area contributed by atoms with Crippen LogP contribution in [0.5, 0.6) is 0 Å². The van der Waals surface area contributed by atoms with E-state index in [2.05, 4.69) is 17.3 Å². The highest BCUT2D eigenvalue weighted by atomic mass is 16.6. The van der Waals surface area contributed by atoms with Gasteiger partial charge in [0.15, 0.2) is 0 Å². The van der Waals surface area contributed by atoms with Gasteiger partial charge >= 0.3 is 0 Å². The molecule has 0 N–H and O–H groups in total. The van der Waals surface area contributed by atoms with Crippen molar-refractivity contribution in [2.24, 2.45) is 40.6 Å². The molecule has 8 heteroatoms. The van der Waals surface area contributed by atoms with Crippen molar-refractivity contribution < 1.29 is 18.9 Å². The maximum Gasteiger partial charge on any atom is 0.270 e. The van der Waals surface area contributed by atoms with Crippen molar-refractivity contribution in [3.8, 4) is 11.3 Å². The molecule has 6 atom stereocenters. The molecule has 1 aromatic heterocycles. The third-order valence-corrected chi connectivity index (χ3v) is 6.91. The average molecular weight is 403 g/mol. The third kappa shape index (κ3) is 2.36. The van der Waals surface area contributed by atoms with Gasteiger partial charge in [-0.05, 0) is 42.2 Å². The van der Waals surface area contributed by atoms with Gasteiger partial charge in [-0.2, -0.15) is 10.1 Å². The smallest absolute Gasteiger partial charge is 0.270 e. The Morgan fingerprint density at radius 3 is 2.43 bits per heavy atom. The lowest BCUT2D eigenvalue weighted by atomic mass is 9.63. The van der Waals surface area contributed by atoms with Crippen LogP contribution in [-0.4, -0.2) is 28.0 Å². The number of carbonyl (C=O) groups is 2. The number of allylic oxidation sites excluding steroid dienone is 2. The van der Waals surface area contributed by atoms with Gasteiger partial charge in [0.25, 0.3) is 17.5 Å². The minimum Gasteiger partial charge on any atom is -0.455 e. The van der Waals surface area contributed by atoms with E-state index in [1.807, 2.05) is 0 Å². The van der Waals surface area contributed by atoms with Gasteiger partial charge < -0.3 is 4.42 Å². The van der Waals surface area contributed by atoms with Crippen LogP contribution in [0.1, 0.15) is 12.2 Å². The summed E-state index contributed by atoms with van der Waals surface area (Å²) < 4.78 is 5.70. The molecule has 4 aliphatic carbocycles. The van der Waals surface area contributed by atoms with Crippen molar-refractivity contribution in [1.82, 2.24) is 5.01 Å². The minimum absolute atomic E-state index is 0.0312. The van der Waals surface area contributed by atoms with Crippen LogP contribution in [0.2, 0.25) is 0 Å². The topological polar surface area (TPSA) is 106 Å². The number of rotatable bonds is 4. The Morgan fingerprint density at radius 2 is 1.77 bits per heavy atom. The number of nitrogens with zero attached hydrogens (tertiary/aromatic N) is 3. The average Bonchev–Trinajstić information content (AvgIpc) is 3.39. The summed E-state index contributed by atoms with van der Waals surface area (Å²) in [4.78, 5) is 36.3. The SMILES string of the molecule is O=C1C2C3C=CC(C4CC34)C2C(=O)N1N=Cc1ccc(-c2cccc([N+](=O)[O-])c2)o1. The minimum atomic E-state index is -0.467. The van der Waals surface area contributed by atoms with Crippen molar-refractivity contribution in [2.75, 3.05) is 0 Å². The lowest BCUT2D eigenvalue weighted by Gasteiger charge is -2.37. The summed E-state index contributed by atoms with van der Waals surface area (Å²) in [6.07, 6.45) is 6.71. The summed E-state index contributed by atoms with van der Waals surface area (Å²) in [6, 6.07) is 9.44. The highest BCUT2D eigenvalue weighted by Gasteiger charge is 2.67. The highest BCUT2D eigenvalue weighted by molar-refractivity contribution is 6.06. The molecule has 8 nitrogen and oxygen atoms in total. The summed E-state index contributed by atoms with van der Waals surface area (Å²) in [5.74, 6) is 1.18. The monoisotopic (exact) mass is 403 g/mol. The summed E-state index contributed by atoms with van der Waals surface area (Å²) >= 11 is 0. The summed E-state index contributed by atoms with van der Waals surface area (Å²) in [7, 11) is 0. The van der Waals surface area contributed by atoms with Crippen LogP contribution < -0.4 is 0 Å². The van der Waals surface area contributed by atoms with Crippen LogP contribution in [-0.2, 0) is 9.59 Å². The first-order valence-corrected chi connectivity index (χ1v) is 9.98. The second-order valence-corrected chi connectivity index (χ2v) is 8.40. The van der Waals surface area contributed by atoms with Gasteiger partial charge in [0.05, 0.1) is 23.0 Å². The molecule has 150 valence electrons. The molecule has 7 rings (SSSR count). The lowest BCUT2D eigenvalue weighted by molar-refractivity contribution is -0.384. The second kappa shape index (κ2) is 5.98. The van der Waals surface area contributed by atoms with E-state index < -0.39 is 4.92 Å². The van der Waals surface area contributed by atoms with E-state index >= 15 is 0 Å². The van der Waals surface area contributed by atoms with E-state index in [1.54, 1.807) is 24.3 Å². The number of carbonyl (C=O) groups excluding carboxylic acids is 2. The Bertz CT molecular complexity index is 1130. The molecular weight excluding hydrogens is 386 g/mol. The molecule has 5 aliphatic rings.